The molecule has 0 radical (unpaired) electrons. The lowest BCUT2D eigenvalue weighted by atomic mass is 9.95. The molecule has 0 saturated carbocycles. The van der Waals surface area contributed by atoms with Gasteiger partial charge in [0, 0.05) is 24.9 Å². The maximum atomic E-state index is 6.35. The second kappa shape index (κ2) is 4.94. The summed E-state index contributed by atoms with van der Waals surface area (Å²) in [6.07, 6.45) is 2.16. The van der Waals surface area contributed by atoms with Crippen molar-refractivity contribution in [3.8, 4) is 0 Å². The Balaban J connectivity index is 1.86. The molecule has 2 N–H and O–H groups in total. The van der Waals surface area contributed by atoms with Crippen molar-refractivity contribution in [2.24, 2.45) is 18.7 Å². The number of hydrogen-bond acceptors (Lipinski definition) is 3. The highest BCUT2D eigenvalue weighted by atomic mass is 32.2. The molecule has 2 heterocycles. The summed E-state index contributed by atoms with van der Waals surface area (Å²) >= 11 is 2.02. The van der Waals surface area contributed by atoms with E-state index in [-0.39, 0.29) is 6.04 Å². The number of aryl methyl sites for hydroxylation is 1. The van der Waals surface area contributed by atoms with Crippen molar-refractivity contribution in [3.63, 3.8) is 0 Å². The highest BCUT2D eigenvalue weighted by molar-refractivity contribution is 7.99. The van der Waals surface area contributed by atoms with Crippen LogP contribution in [-0.4, -0.2) is 27.3 Å². The number of benzene rings is 1. The van der Waals surface area contributed by atoms with Gasteiger partial charge in [-0.1, -0.05) is 18.2 Å². The fourth-order valence-electron chi connectivity index (χ4n) is 2.72. The molecule has 2 atom stereocenters. The van der Waals surface area contributed by atoms with Gasteiger partial charge in [0.15, 0.2) is 0 Å². The van der Waals surface area contributed by atoms with Crippen LogP contribution in [0, 0.1) is 5.92 Å². The molecular formula is C14H19N3S. The Hall–Kier alpha value is -1.00. The largest absolute Gasteiger partial charge is 0.327 e. The van der Waals surface area contributed by atoms with Crippen LogP contribution in [-0.2, 0) is 13.5 Å². The van der Waals surface area contributed by atoms with Crippen LogP contribution in [0.5, 0.6) is 0 Å². The summed E-state index contributed by atoms with van der Waals surface area (Å²) in [6.45, 7) is 0. The predicted molar refractivity (Wildman–Crippen MR) is 77.8 cm³/mol. The molecule has 1 aliphatic rings. The molecule has 4 heteroatoms. The van der Waals surface area contributed by atoms with Crippen LogP contribution >= 0.6 is 11.8 Å². The van der Waals surface area contributed by atoms with E-state index in [1.807, 2.05) is 23.5 Å². The number of rotatable bonds is 3. The Labute approximate surface area is 112 Å². The van der Waals surface area contributed by atoms with Gasteiger partial charge in [-0.3, -0.25) is 4.68 Å². The number of para-hydroxylation sites is 1. The fourth-order valence-corrected chi connectivity index (χ4v) is 4.07. The lowest BCUT2D eigenvalue weighted by Crippen LogP contribution is -2.32. The SMILES string of the molecule is Cn1nc(CC(N)C2CCSC2)c2ccccc21. The first-order chi connectivity index (χ1) is 8.75. The Morgan fingerprint density at radius 1 is 1.50 bits per heavy atom. The van der Waals surface area contributed by atoms with E-state index in [0.717, 1.165) is 12.1 Å². The first kappa shape index (κ1) is 12.1. The summed E-state index contributed by atoms with van der Waals surface area (Å²) in [5.41, 5.74) is 8.69. The minimum Gasteiger partial charge on any atom is -0.327 e. The van der Waals surface area contributed by atoms with Gasteiger partial charge in [0.1, 0.15) is 0 Å². The lowest BCUT2D eigenvalue weighted by molar-refractivity contribution is 0.458. The summed E-state index contributed by atoms with van der Waals surface area (Å²) in [6, 6.07) is 8.64. The number of nitrogens with two attached hydrogens (primary N) is 1. The first-order valence-electron chi connectivity index (χ1n) is 6.49. The van der Waals surface area contributed by atoms with E-state index in [4.69, 9.17) is 5.73 Å². The smallest absolute Gasteiger partial charge is 0.0718 e. The Morgan fingerprint density at radius 3 is 3.11 bits per heavy atom. The standard InChI is InChI=1S/C14H19N3S/c1-17-14-5-3-2-4-11(14)13(16-17)8-12(15)10-6-7-18-9-10/h2-5,10,12H,6-9,15H2,1H3. The minimum absolute atomic E-state index is 0.248. The van der Waals surface area contributed by atoms with Gasteiger partial charge in [0.05, 0.1) is 11.2 Å². The highest BCUT2D eigenvalue weighted by Crippen LogP contribution is 2.28. The number of aromatic nitrogens is 2. The van der Waals surface area contributed by atoms with Gasteiger partial charge in [-0.2, -0.15) is 16.9 Å². The zero-order valence-corrected chi connectivity index (χ0v) is 11.5. The number of hydrogen-bond donors (Lipinski definition) is 1. The van der Waals surface area contributed by atoms with Gasteiger partial charge in [-0.05, 0) is 29.9 Å². The normalized spacial score (nSPS) is 21.6. The van der Waals surface area contributed by atoms with Crippen LogP contribution in [0.2, 0.25) is 0 Å². The molecule has 1 aliphatic heterocycles. The van der Waals surface area contributed by atoms with Crippen LogP contribution in [0.4, 0.5) is 0 Å². The molecular weight excluding hydrogens is 242 g/mol. The molecule has 3 nitrogen and oxygen atoms in total. The van der Waals surface area contributed by atoms with E-state index in [1.165, 1.54) is 28.8 Å². The predicted octanol–water partition coefficient (Wildman–Crippen LogP) is 2.20. The fraction of sp³-hybridized carbons (Fsp3) is 0.500. The molecule has 1 aromatic carbocycles. The molecule has 1 saturated heterocycles. The average Bonchev–Trinajstić information content (AvgIpc) is 3.00. The summed E-state index contributed by atoms with van der Waals surface area (Å²) in [5.74, 6) is 3.14. The quantitative estimate of drug-likeness (QED) is 0.921. The Bertz CT molecular complexity index is 543. The van der Waals surface area contributed by atoms with Gasteiger partial charge in [-0.15, -0.1) is 0 Å². The van der Waals surface area contributed by atoms with Gasteiger partial charge >= 0.3 is 0 Å². The van der Waals surface area contributed by atoms with Crippen molar-refractivity contribution < 1.29 is 0 Å². The van der Waals surface area contributed by atoms with Crippen molar-refractivity contribution in [1.82, 2.24) is 9.78 Å². The van der Waals surface area contributed by atoms with Crippen molar-refractivity contribution in [3.05, 3.63) is 30.0 Å². The molecule has 96 valence electrons. The third-order valence-electron chi connectivity index (χ3n) is 3.83. The molecule has 0 aliphatic carbocycles. The molecule has 3 rings (SSSR count). The third-order valence-corrected chi connectivity index (χ3v) is 5.02. The maximum absolute atomic E-state index is 6.35. The number of nitrogens with zero attached hydrogens (tertiary/aromatic N) is 2. The van der Waals surface area contributed by atoms with Crippen LogP contribution in [0.25, 0.3) is 10.9 Å². The van der Waals surface area contributed by atoms with Gasteiger partial charge in [-0.25, -0.2) is 0 Å². The monoisotopic (exact) mass is 261 g/mol. The van der Waals surface area contributed by atoms with Crippen molar-refractivity contribution in [2.45, 2.75) is 18.9 Å². The summed E-state index contributed by atoms with van der Waals surface area (Å²) in [5, 5.41) is 5.88. The topological polar surface area (TPSA) is 43.8 Å². The summed E-state index contributed by atoms with van der Waals surface area (Å²) < 4.78 is 1.96. The third kappa shape index (κ3) is 2.15. The first-order valence-corrected chi connectivity index (χ1v) is 7.65. The molecule has 2 unspecified atom stereocenters. The van der Waals surface area contributed by atoms with Crippen molar-refractivity contribution in [2.75, 3.05) is 11.5 Å². The van der Waals surface area contributed by atoms with Crippen LogP contribution in [0.1, 0.15) is 12.1 Å². The molecule has 18 heavy (non-hydrogen) atoms. The van der Waals surface area contributed by atoms with Gasteiger partial charge in [0.2, 0.25) is 0 Å². The van der Waals surface area contributed by atoms with Crippen molar-refractivity contribution in [1.29, 1.82) is 0 Å². The highest BCUT2D eigenvalue weighted by Gasteiger charge is 2.24. The molecule has 1 fully saturated rings. The Kier molecular flexibility index (Phi) is 3.31. The Morgan fingerprint density at radius 2 is 2.33 bits per heavy atom. The van der Waals surface area contributed by atoms with Crippen LogP contribution in [0.3, 0.4) is 0 Å². The molecule has 0 spiro atoms. The second-order valence-electron chi connectivity index (χ2n) is 5.08. The van der Waals surface area contributed by atoms with Gasteiger partial charge in [0.25, 0.3) is 0 Å². The van der Waals surface area contributed by atoms with Gasteiger partial charge < -0.3 is 5.73 Å². The van der Waals surface area contributed by atoms with E-state index in [0.29, 0.717) is 5.92 Å². The zero-order valence-electron chi connectivity index (χ0n) is 10.7. The van der Waals surface area contributed by atoms with E-state index in [1.54, 1.807) is 0 Å². The van der Waals surface area contributed by atoms with E-state index in [2.05, 4.69) is 29.4 Å². The van der Waals surface area contributed by atoms with Crippen molar-refractivity contribution >= 4 is 22.7 Å². The number of thioether (sulfide) groups is 1. The summed E-state index contributed by atoms with van der Waals surface area (Å²) in [4.78, 5) is 0. The lowest BCUT2D eigenvalue weighted by Gasteiger charge is -2.16. The molecule has 0 bridgehead atoms. The van der Waals surface area contributed by atoms with Crippen LogP contribution in [0.15, 0.2) is 24.3 Å². The maximum Gasteiger partial charge on any atom is 0.0718 e. The zero-order chi connectivity index (χ0) is 12.5. The van der Waals surface area contributed by atoms with E-state index < -0.39 is 0 Å². The van der Waals surface area contributed by atoms with E-state index in [9.17, 15) is 0 Å². The number of fused-ring (bicyclic) bond motifs is 1. The van der Waals surface area contributed by atoms with E-state index >= 15 is 0 Å². The molecule has 0 amide bonds. The summed E-state index contributed by atoms with van der Waals surface area (Å²) in [7, 11) is 2.00. The minimum atomic E-state index is 0.248. The van der Waals surface area contributed by atoms with Crippen LogP contribution < -0.4 is 5.73 Å². The molecule has 1 aromatic heterocycles. The molecule has 2 aromatic rings. The second-order valence-corrected chi connectivity index (χ2v) is 6.23. The average molecular weight is 261 g/mol.